The van der Waals surface area contributed by atoms with Crippen LogP contribution in [-0.4, -0.2) is 29.4 Å². The molecule has 0 aliphatic heterocycles. The number of rotatable bonds is 4. The van der Waals surface area contributed by atoms with Crippen molar-refractivity contribution in [3.63, 3.8) is 0 Å². The summed E-state index contributed by atoms with van der Waals surface area (Å²) in [6.45, 7) is 6.27. The predicted octanol–water partition coefficient (Wildman–Crippen LogP) is 1.17. The second-order valence-corrected chi connectivity index (χ2v) is 4.16. The maximum Gasteiger partial charge on any atom is 0.234 e. The third-order valence-electron chi connectivity index (χ3n) is 2.06. The van der Waals surface area contributed by atoms with Crippen LogP contribution in [0.25, 0.3) is 0 Å². The molecule has 0 unspecified atom stereocenters. The van der Waals surface area contributed by atoms with Crippen LogP contribution in [0, 0.1) is 5.41 Å². The summed E-state index contributed by atoms with van der Waals surface area (Å²) in [5, 5.41) is 0. The first-order valence-electron chi connectivity index (χ1n) is 4.39. The zero-order valence-electron chi connectivity index (χ0n) is 8.76. The quantitative estimate of drug-likeness (QED) is 0.696. The predicted molar refractivity (Wildman–Crippen MR) is 58.5 cm³/mol. The summed E-state index contributed by atoms with van der Waals surface area (Å²) in [5.74, 6) is -0.0122. The molecule has 13 heavy (non-hydrogen) atoms. The van der Waals surface area contributed by atoms with E-state index in [0.717, 1.165) is 13.0 Å². The Morgan fingerprint density at radius 1 is 1.54 bits per heavy atom. The third-order valence-corrected chi connectivity index (χ3v) is 2.57. The average molecular weight is 202 g/mol. The van der Waals surface area contributed by atoms with E-state index < -0.39 is 5.41 Å². The minimum atomic E-state index is -0.723. The first-order valence-corrected chi connectivity index (χ1v) is 4.80. The Morgan fingerprint density at radius 3 is 2.31 bits per heavy atom. The Labute approximate surface area is 85.3 Å². The highest BCUT2D eigenvalue weighted by Gasteiger charge is 2.32. The maximum absolute atomic E-state index is 11.8. The first kappa shape index (κ1) is 12.4. The van der Waals surface area contributed by atoms with Crippen LogP contribution in [0.3, 0.4) is 0 Å². The maximum atomic E-state index is 11.8. The molecular formula is C9H18N2OS. The van der Waals surface area contributed by atoms with Crippen molar-refractivity contribution >= 4 is 23.1 Å². The second-order valence-electron chi connectivity index (χ2n) is 3.72. The van der Waals surface area contributed by atoms with Crippen molar-refractivity contribution in [2.75, 3.05) is 13.6 Å². The van der Waals surface area contributed by atoms with E-state index in [-0.39, 0.29) is 10.9 Å². The Morgan fingerprint density at radius 2 is 2.00 bits per heavy atom. The third kappa shape index (κ3) is 2.95. The van der Waals surface area contributed by atoms with Crippen molar-refractivity contribution in [2.24, 2.45) is 11.1 Å². The normalized spacial score (nSPS) is 11.1. The van der Waals surface area contributed by atoms with Crippen molar-refractivity contribution in [1.29, 1.82) is 0 Å². The fourth-order valence-electron chi connectivity index (χ4n) is 1.02. The van der Waals surface area contributed by atoms with Gasteiger partial charge in [-0.25, -0.2) is 0 Å². The molecule has 0 saturated heterocycles. The number of carbonyl (C=O) groups excluding carboxylic acids is 1. The average Bonchev–Trinajstić information content (AvgIpc) is 2.03. The first-order chi connectivity index (χ1) is 5.84. The van der Waals surface area contributed by atoms with Gasteiger partial charge in [-0.15, -0.1) is 0 Å². The summed E-state index contributed by atoms with van der Waals surface area (Å²) in [5.41, 5.74) is 4.77. The van der Waals surface area contributed by atoms with Gasteiger partial charge in [-0.05, 0) is 20.3 Å². The van der Waals surface area contributed by atoms with Gasteiger partial charge in [0.25, 0.3) is 0 Å². The van der Waals surface area contributed by atoms with Gasteiger partial charge in [0.05, 0.1) is 10.4 Å². The smallest absolute Gasteiger partial charge is 0.234 e. The zero-order valence-corrected chi connectivity index (χ0v) is 9.57. The number of carbonyl (C=O) groups is 1. The van der Waals surface area contributed by atoms with Crippen LogP contribution in [0.2, 0.25) is 0 Å². The Bertz CT molecular complexity index is 214. The Hall–Kier alpha value is -0.640. The van der Waals surface area contributed by atoms with E-state index in [9.17, 15) is 4.79 Å². The summed E-state index contributed by atoms with van der Waals surface area (Å²) >= 11 is 4.84. The van der Waals surface area contributed by atoms with Gasteiger partial charge in [-0.1, -0.05) is 19.1 Å². The molecule has 0 rings (SSSR count). The minimum absolute atomic E-state index is 0.0122. The van der Waals surface area contributed by atoms with Crippen LogP contribution in [0.15, 0.2) is 0 Å². The van der Waals surface area contributed by atoms with Crippen LogP contribution in [0.5, 0.6) is 0 Å². The largest absolute Gasteiger partial charge is 0.392 e. The number of amides is 1. The number of hydrogen-bond donors (Lipinski definition) is 1. The number of nitrogens with two attached hydrogens (primary N) is 1. The van der Waals surface area contributed by atoms with Crippen LogP contribution >= 0.6 is 12.2 Å². The van der Waals surface area contributed by atoms with Gasteiger partial charge in [0.2, 0.25) is 5.91 Å². The fourth-order valence-corrected chi connectivity index (χ4v) is 1.11. The molecule has 0 bridgehead atoms. The van der Waals surface area contributed by atoms with E-state index in [4.69, 9.17) is 18.0 Å². The van der Waals surface area contributed by atoms with Crippen LogP contribution in [-0.2, 0) is 4.79 Å². The molecule has 0 aromatic rings. The molecule has 0 heterocycles. The fraction of sp³-hybridized carbons (Fsp3) is 0.778. The molecule has 0 radical (unpaired) electrons. The van der Waals surface area contributed by atoms with E-state index in [2.05, 4.69) is 0 Å². The van der Waals surface area contributed by atoms with Gasteiger partial charge in [0.1, 0.15) is 0 Å². The highest BCUT2D eigenvalue weighted by Crippen LogP contribution is 2.18. The molecule has 0 aromatic heterocycles. The van der Waals surface area contributed by atoms with Crippen molar-refractivity contribution in [1.82, 2.24) is 4.90 Å². The molecule has 0 atom stereocenters. The second kappa shape index (κ2) is 4.56. The molecule has 1 amide bonds. The van der Waals surface area contributed by atoms with Gasteiger partial charge in [0, 0.05) is 13.6 Å². The summed E-state index contributed by atoms with van der Waals surface area (Å²) in [6.07, 6.45) is 0.940. The van der Waals surface area contributed by atoms with Gasteiger partial charge < -0.3 is 10.6 Å². The van der Waals surface area contributed by atoms with Gasteiger partial charge in [-0.3, -0.25) is 4.79 Å². The summed E-state index contributed by atoms with van der Waals surface area (Å²) in [6, 6.07) is 0. The lowest BCUT2D eigenvalue weighted by atomic mass is 9.92. The molecule has 76 valence electrons. The van der Waals surface area contributed by atoms with E-state index in [1.807, 2.05) is 6.92 Å². The molecule has 0 saturated carbocycles. The number of hydrogen-bond acceptors (Lipinski definition) is 2. The topological polar surface area (TPSA) is 46.3 Å². The highest BCUT2D eigenvalue weighted by atomic mass is 32.1. The summed E-state index contributed by atoms with van der Waals surface area (Å²) < 4.78 is 0. The monoisotopic (exact) mass is 202 g/mol. The molecule has 0 fully saturated rings. The van der Waals surface area contributed by atoms with Crippen LogP contribution < -0.4 is 5.73 Å². The lowest BCUT2D eigenvalue weighted by Crippen LogP contribution is -2.45. The molecule has 0 aliphatic carbocycles. The van der Waals surface area contributed by atoms with Gasteiger partial charge in [-0.2, -0.15) is 0 Å². The standard InChI is InChI=1S/C9H18N2OS/c1-5-6-11(4)8(12)9(2,3)7(10)13/h5-6H2,1-4H3,(H2,10,13). The van der Waals surface area contributed by atoms with Crippen LogP contribution in [0.4, 0.5) is 0 Å². The summed E-state index contributed by atoms with van der Waals surface area (Å²) in [7, 11) is 1.77. The SMILES string of the molecule is CCCN(C)C(=O)C(C)(C)C(N)=S. The Balaban J connectivity index is 4.49. The van der Waals surface area contributed by atoms with E-state index in [1.54, 1.807) is 25.8 Å². The van der Waals surface area contributed by atoms with Crippen molar-refractivity contribution in [3.8, 4) is 0 Å². The Kier molecular flexibility index (Phi) is 4.33. The van der Waals surface area contributed by atoms with E-state index in [0.29, 0.717) is 0 Å². The number of nitrogens with zero attached hydrogens (tertiary/aromatic N) is 1. The summed E-state index contributed by atoms with van der Waals surface area (Å²) in [4.78, 5) is 13.7. The van der Waals surface area contributed by atoms with Crippen molar-refractivity contribution < 1.29 is 4.79 Å². The minimum Gasteiger partial charge on any atom is -0.392 e. The van der Waals surface area contributed by atoms with E-state index in [1.165, 1.54) is 0 Å². The lowest BCUT2D eigenvalue weighted by molar-refractivity contribution is -0.135. The van der Waals surface area contributed by atoms with Gasteiger partial charge >= 0.3 is 0 Å². The van der Waals surface area contributed by atoms with Crippen molar-refractivity contribution in [3.05, 3.63) is 0 Å². The molecule has 4 heteroatoms. The molecule has 2 N–H and O–H groups in total. The van der Waals surface area contributed by atoms with Crippen LogP contribution in [0.1, 0.15) is 27.2 Å². The van der Waals surface area contributed by atoms with Crippen molar-refractivity contribution in [2.45, 2.75) is 27.2 Å². The molecule has 0 aromatic carbocycles. The van der Waals surface area contributed by atoms with E-state index >= 15 is 0 Å². The van der Waals surface area contributed by atoms with Gasteiger partial charge in [0.15, 0.2) is 0 Å². The molecule has 3 nitrogen and oxygen atoms in total. The molecule has 0 aliphatic rings. The molecular weight excluding hydrogens is 184 g/mol. The highest BCUT2D eigenvalue weighted by molar-refractivity contribution is 7.80. The number of thiocarbonyl (C=S) groups is 1. The zero-order chi connectivity index (χ0) is 10.6. The molecule has 0 spiro atoms. The lowest BCUT2D eigenvalue weighted by Gasteiger charge is -2.28.